The quantitative estimate of drug-likeness (QED) is 0.510. The Labute approximate surface area is 191 Å². The van der Waals surface area contributed by atoms with Crippen LogP contribution in [-0.4, -0.2) is 40.7 Å². The van der Waals surface area contributed by atoms with E-state index in [0.29, 0.717) is 13.1 Å². The van der Waals surface area contributed by atoms with E-state index in [1.807, 2.05) is 56.3 Å². The van der Waals surface area contributed by atoms with Gasteiger partial charge in [-0.2, -0.15) is 0 Å². The van der Waals surface area contributed by atoms with E-state index < -0.39 is 5.60 Å². The molecule has 3 rings (SSSR count). The number of ether oxygens (including phenoxy) is 1. The Morgan fingerprint density at radius 2 is 1.84 bits per heavy atom. The zero-order valence-corrected chi connectivity index (χ0v) is 19.9. The third kappa shape index (κ3) is 7.06. The first-order valence-electron chi connectivity index (χ1n) is 11.3. The van der Waals surface area contributed by atoms with Crippen molar-refractivity contribution in [2.45, 2.75) is 59.2 Å². The standard InChI is InChI=1S/C27H35N3O2/c1-20-16-28-18-24-12-11-23(15-25(20)24)17-29-21(2)19-30(26(31)32-27(3,4)5)14-13-22-9-7-6-8-10-22/h6-12,15-16,18,21,29H,13-14,17,19H2,1-5H3/t21-/m1/s1. The van der Waals surface area contributed by atoms with E-state index in [1.165, 1.54) is 22.1 Å². The van der Waals surface area contributed by atoms with Crippen LogP contribution in [-0.2, 0) is 17.7 Å². The fraction of sp³-hybridized carbons (Fsp3) is 0.407. The minimum atomic E-state index is -0.517. The number of hydrogen-bond donors (Lipinski definition) is 1. The maximum atomic E-state index is 12.8. The first-order valence-corrected chi connectivity index (χ1v) is 11.3. The lowest BCUT2D eigenvalue weighted by molar-refractivity contribution is 0.0237. The average molecular weight is 434 g/mol. The van der Waals surface area contributed by atoms with Gasteiger partial charge in [0.1, 0.15) is 5.60 Å². The van der Waals surface area contributed by atoms with E-state index >= 15 is 0 Å². The van der Waals surface area contributed by atoms with Gasteiger partial charge in [-0.15, -0.1) is 0 Å². The molecule has 1 heterocycles. The lowest BCUT2D eigenvalue weighted by Crippen LogP contribution is -2.45. The molecule has 32 heavy (non-hydrogen) atoms. The van der Waals surface area contributed by atoms with E-state index in [1.54, 1.807) is 0 Å². The van der Waals surface area contributed by atoms with Crippen LogP contribution in [0.2, 0.25) is 0 Å². The number of pyridine rings is 1. The van der Waals surface area contributed by atoms with Gasteiger partial charge in [0.25, 0.3) is 0 Å². The van der Waals surface area contributed by atoms with Gasteiger partial charge in [0, 0.05) is 43.5 Å². The number of nitrogens with zero attached hydrogens (tertiary/aromatic N) is 2. The van der Waals surface area contributed by atoms with Gasteiger partial charge in [-0.1, -0.05) is 42.5 Å². The lowest BCUT2D eigenvalue weighted by atomic mass is 10.1. The van der Waals surface area contributed by atoms with Crippen molar-refractivity contribution < 1.29 is 9.53 Å². The molecule has 0 bridgehead atoms. The van der Waals surface area contributed by atoms with Crippen LogP contribution in [0.15, 0.2) is 60.9 Å². The number of aromatic nitrogens is 1. The molecule has 0 aliphatic rings. The Bertz CT molecular complexity index is 1030. The number of carbonyl (C=O) groups is 1. The first kappa shape index (κ1) is 23.7. The number of amides is 1. The zero-order chi connectivity index (χ0) is 23.1. The normalized spacial score (nSPS) is 12.5. The van der Waals surface area contributed by atoms with E-state index in [9.17, 15) is 4.79 Å². The summed E-state index contributed by atoms with van der Waals surface area (Å²) in [5.74, 6) is 0. The second-order valence-corrected chi connectivity index (χ2v) is 9.46. The maximum Gasteiger partial charge on any atom is 0.410 e. The molecule has 0 aliphatic carbocycles. The predicted molar refractivity (Wildman–Crippen MR) is 131 cm³/mol. The monoisotopic (exact) mass is 433 g/mol. The number of hydrogen-bond acceptors (Lipinski definition) is 4. The highest BCUT2D eigenvalue weighted by Gasteiger charge is 2.23. The van der Waals surface area contributed by atoms with Gasteiger partial charge in [0.05, 0.1) is 0 Å². The molecule has 1 atom stereocenters. The molecule has 0 unspecified atom stereocenters. The first-order chi connectivity index (χ1) is 15.2. The summed E-state index contributed by atoms with van der Waals surface area (Å²) in [5, 5.41) is 5.94. The maximum absolute atomic E-state index is 12.8. The molecule has 5 heteroatoms. The van der Waals surface area contributed by atoms with Crippen molar-refractivity contribution in [3.05, 3.63) is 77.6 Å². The molecule has 0 aliphatic heterocycles. The second kappa shape index (κ2) is 10.6. The van der Waals surface area contributed by atoms with Crippen molar-refractivity contribution in [3.63, 3.8) is 0 Å². The Kier molecular flexibility index (Phi) is 7.86. The van der Waals surface area contributed by atoms with Crippen molar-refractivity contribution in [1.29, 1.82) is 0 Å². The number of rotatable bonds is 8. The topological polar surface area (TPSA) is 54.5 Å². The van der Waals surface area contributed by atoms with Gasteiger partial charge in [-0.3, -0.25) is 4.98 Å². The fourth-order valence-corrected chi connectivity index (χ4v) is 3.65. The lowest BCUT2D eigenvalue weighted by Gasteiger charge is -2.29. The third-order valence-corrected chi connectivity index (χ3v) is 5.34. The summed E-state index contributed by atoms with van der Waals surface area (Å²) < 4.78 is 5.67. The SMILES string of the molecule is Cc1cncc2ccc(CN[C@H](C)CN(CCc3ccccc3)C(=O)OC(C)(C)C)cc12. The number of nitrogens with one attached hydrogen (secondary N) is 1. The minimum absolute atomic E-state index is 0.118. The number of benzene rings is 2. The number of fused-ring (bicyclic) bond motifs is 1. The van der Waals surface area contributed by atoms with E-state index in [-0.39, 0.29) is 12.1 Å². The van der Waals surface area contributed by atoms with Crippen molar-refractivity contribution in [2.24, 2.45) is 0 Å². The van der Waals surface area contributed by atoms with Gasteiger partial charge in [0.2, 0.25) is 0 Å². The fourth-order valence-electron chi connectivity index (χ4n) is 3.65. The molecule has 5 nitrogen and oxygen atoms in total. The summed E-state index contributed by atoms with van der Waals surface area (Å²) in [6.45, 7) is 11.8. The molecule has 170 valence electrons. The molecule has 2 aromatic carbocycles. The van der Waals surface area contributed by atoms with Crippen LogP contribution in [0.1, 0.15) is 44.4 Å². The van der Waals surface area contributed by atoms with E-state index in [4.69, 9.17) is 4.74 Å². The summed E-state index contributed by atoms with van der Waals surface area (Å²) >= 11 is 0. The Hall–Kier alpha value is -2.92. The summed E-state index contributed by atoms with van der Waals surface area (Å²) in [6.07, 6.45) is 4.32. The van der Waals surface area contributed by atoms with Crippen LogP contribution < -0.4 is 5.32 Å². The van der Waals surface area contributed by atoms with E-state index in [2.05, 4.69) is 54.5 Å². The van der Waals surface area contributed by atoms with Gasteiger partial charge < -0.3 is 15.0 Å². The third-order valence-electron chi connectivity index (χ3n) is 5.34. The van der Waals surface area contributed by atoms with Crippen molar-refractivity contribution in [3.8, 4) is 0 Å². The molecule has 0 spiro atoms. The number of carbonyl (C=O) groups excluding carboxylic acids is 1. The molecule has 3 aromatic rings. The summed E-state index contributed by atoms with van der Waals surface area (Å²) in [6, 6.07) is 16.8. The second-order valence-electron chi connectivity index (χ2n) is 9.46. The van der Waals surface area contributed by atoms with Gasteiger partial charge in [0.15, 0.2) is 0 Å². The molecule has 0 saturated carbocycles. The van der Waals surface area contributed by atoms with Crippen molar-refractivity contribution >= 4 is 16.9 Å². The van der Waals surface area contributed by atoms with Gasteiger partial charge >= 0.3 is 6.09 Å². The van der Waals surface area contributed by atoms with Crippen LogP contribution in [0.4, 0.5) is 4.79 Å². The van der Waals surface area contributed by atoms with Gasteiger partial charge in [-0.05, 0) is 69.2 Å². The van der Waals surface area contributed by atoms with Gasteiger partial charge in [-0.25, -0.2) is 4.79 Å². The zero-order valence-electron chi connectivity index (χ0n) is 19.9. The highest BCUT2D eigenvalue weighted by atomic mass is 16.6. The Morgan fingerprint density at radius 1 is 1.09 bits per heavy atom. The number of aryl methyl sites for hydroxylation is 1. The molecule has 1 aromatic heterocycles. The smallest absolute Gasteiger partial charge is 0.410 e. The molecular weight excluding hydrogens is 398 g/mol. The van der Waals surface area contributed by atoms with Crippen LogP contribution >= 0.6 is 0 Å². The predicted octanol–water partition coefficient (Wildman–Crippen LogP) is 5.50. The van der Waals surface area contributed by atoms with Crippen LogP contribution in [0, 0.1) is 6.92 Å². The molecule has 0 fully saturated rings. The van der Waals surface area contributed by atoms with E-state index in [0.717, 1.165) is 18.4 Å². The molecule has 0 radical (unpaired) electrons. The van der Waals surface area contributed by atoms with Crippen molar-refractivity contribution in [1.82, 2.24) is 15.2 Å². The molecular formula is C27H35N3O2. The molecule has 0 saturated heterocycles. The Morgan fingerprint density at radius 3 is 2.56 bits per heavy atom. The van der Waals surface area contributed by atoms with Crippen molar-refractivity contribution in [2.75, 3.05) is 13.1 Å². The van der Waals surface area contributed by atoms with Crippen LogP contribution in [0.5, 0.6) is 0 Å². The Balaban J connectivity index is 1.62. The highest BCUT2D eigenvalue weighted by Crippen LogP contribution is 2.19. The minimum Gasteiger partial charge on any atom is -0.444 e. The summed E-state index contributed by atoms with van der Waals surface area (Å²) in [7, 11) is 0. The molecule has 1 N–H and O–H groups in total. The van der Waals surface area contributed by atoms with Crippen LogP contribution in [0.3, 0.4) is 0 Å². The average Bonchev–Trinajstić information content (AvgIpc) is 2.75. The summed E-state index contributed by atoms with van der Waals surface area (Å²) in [4.78, 5) is 18.9. The largest absolute Gasteiger partial charge is 0.444 e. The summed E-state index contributed by atoms with van der Waals surface area (Å²) in [5.41, 5.74) is 3.08. The highest BCUT2D eigenvalue weighted by molar-refractivity contribution is 5.85. The molecule has 1 amide bonds. The van der Waals surface area contributed by atoms with Crippen LogP contribution in [0.25, 0.3) is 10.8 Å².